The first-order chi connectivity index (χ1) is 13.1. The number of esters is 1. The molecule has 7 nitrogen and oxygen atoms in total. The molecule has 0 bridgehead atoms. The number of nitrogens with one attached hydrogen (secondary N) is 1. The number of carbonyl (C=O) groups excluding carboxylic acids is 1. The van der Waals surface area contributed by atoms with Crippen LogP contribution in [0.5, 0.6) is 0 Å². The van der Waals surface area contributed by atoms with Crippen LogP contribution in [0.4, 0.5) is 0 Å². The molecule has 3 atom stereocenters. The van der Waals surface area contributed by atoms with Crippen LogP contribution in [-0.2, 0) is 24.2 Å². The number of carboxylic acid groups (broad SMARTS) is 1. The predicted molar refractivity (Wildman–Crippen MR) is 113 cm³/mol. The zero-order chi connectivity index (χ0) is 22.7. The van der Waals surface area contributed by atoms with Crippen LogP contribution in [0.25, 0.3) is 0 Å². The van der Waals surface area contributed by atoms with E-state index in [2.05, 4.69) is 5.32 Å². The molecule has 0 amide bonds. The molecular weight excluding hydrogens is 394 g/mol. The van der Waals surface area contributed by atoms with Crippen molar-refractivity contribution in [3.05, 3.63) is 36.6 Å². The quantitative estimate of drug-likeness (QED) is 0.475. The van der Waals surface area contributed by atoms with Crippen molar-refractivity contribution in [2.75, 3.05) is 0 Å². The van der Waals surface area contributed by atoms with Crippen LogP contribution in [0.2, 0.25) is 0 Å². The molecule has 164 valence electrons. The van der Waals surface area contributed by atoms with Gasteiger partial charge in [-0.25, -0.2) is 13.2 Å². The summed E-state index contributed by atoms with van der Waals surface area (Å²) in [5, 5.41) is 12.7. The van der Waals surface area contributed by atoms with Crippen molar-refractivity contribution in [2.24, 2.45) is 5.92 Å². The summed E-state index contributed by atoms with van der Waals surface area (Å²) in [5.74, 6) is -2.99. The molecule has 0 aliphatic heterocycles. The van der Waals surface area contributed by atoms with Gasteiger partial charge < -0.3 is 9.84 Å². The van der Waals surface area contributed by atoms with Gasteiger partial charge in [0.15, 0.2) is 14.6 Å². The third kappa shape index (κ3) is 5.36. The van der Waals surface area contributed by atoms with Gasteiger partial charge in [0.05, 0.1) is 11.0 Å². The van der Waals surface area contributed by atoms with Gasteiger partial charge in [-0.05, 0) is 54.9 Å². The Morgan fingerprint density at radius 2 is 1.79 bits per heavy atom. The third-order valence-electron chi connectivity index (χ3n) is 4.63. The van der Waals surface area contributed by atoms with Gasteiger partial charge in [0, 0.05) is 11.5 Å². The molecule has 0 saturated carbocycles. The molecule has 2 N–H and O–H groups in total. The van der Waals surface area contributed by atoms with Crippen LogP contribution in [0.15, 0.2) is 36.6 Å². The van der Waals surface area contributed by atoms with Crippen molar-refractivity contribution in [2.45, 2.75) is 76.0 Å². The molecule has 0 aromatic heterocycles. The van der Waals surface area contributed by atoms with E-state index in [0.29, 0.717) is 0 Å². The highest BCUT2D eigenvalue weighted by Gasteiger charge is 2.60. The molecule has 0 aromatic rings. The first kappa shape index (κ1) is 25.1. The molecule has 1 rings (SSSR count). The molecule has 1 aliphatic carbocycles. The maximum absolute atomic E-state index is 13.6. The average molecular weight is 428 g/mol. The van der Waals surface area contributed by atoms with Gasteiger partial charge in [0.2, 0.25) is 0 Å². The Hall–Kier alpha value is -1.93. The van der Waals surface area contributed by atoms with Crippen molar-refractivity contribution in [3.8, 4) is 0 Å². The number of carbonyl (C=O) groups is 2. The molecule has 0 saturated heterocycles. The standard InChI is InChI=1S/C21H33NO6S/c1-8-13-28-18(25)21(29(26,27)20(5,6)7)12-10-9-11-15(21)14-16(17(23)24)22-19(2,3)4/h8-13,15-16,22H,14H2,1-7H3,(H,23,24)/t15?,16-,21?/m0/s1. The predicted octanol–water partition coefficient (Wildman–Crippen LogP) is 2.99. The highest BCUT2D eigenvalue weighted by Crippen LogP contribution is 2.42. The fourth-order valence-corrected chi connectivity index (χ4v) is 5.37. The molecule has 0 fully saturated rings. The van der Waals surface area contributed by atoms with Gasteiger partial charge >= 0.3 is 11.9 Å². The number of allylic oxidation sites excluding steroid dienone is 4. The summed E-state index contributed by atoms with van der Waals surface area (Å²) < 4.78 is 29.0. The maximum Gasteiger partial charge on any atom is 0.336 e. The number of aliphatic carboxylic acids is 1. The van der Waals surface area contributed by atoms with Crippen molar-refractivity contribution >= 4 is 21.8 Å². The normalized spacial score (nSPS) is 23.9. The minimum atomic E-state index is -4.12. The maximum atomic E-state index is 13.6. The second-order valence-corrected chi connectivity index (χ2v) is 12.1. The summed E-state index contributed by atoms with van der Waals surface area (Å²) in [6.07, 6.45) is 8.51. The van der Waals surface area contributed by atoms with E-state index in [4.69, 9.17) is 4.74 Å². The summed E-state index contributed by atoms with van der Waals surface area (Å²) in [5.41, 5.74) is -0.520. The number of sulfone groups is 1. The Kier molecular flexibility index (Phi) is 7.65. The second-order valence-electron chi connectivity index (χ2n) is 9.16. The molecule has 0 radical (unpaired) electrons. The highest BCUT2D eigenvalue weighted by atomic mass is 32.2. The lowest BCUT2D eigenvalue weighted by Crippen LogP contribution is -2.59. The second kappa shape index (κ2) is 8.83. The molecule has 0 spiro atoms. The SMILES string of the molecule is CC=COC(=O)C1(S(=O)(=O)C(C)(C)C)C=CC=CC1C[C@H](NC(C)(C)C)C(=O)O. The lowest BCUT2D eigenvalue weighted by molar-refractivity contribution is -0.143. The number of hydrogen-bond donors (Lipinski definition) is 2. The summed E-state index contributed by atoms with van der Waals surface area (Å²) >= 11 is 0. The molecular formula is C21H33NO6S. The van der Waals surface area contributed by atoms with E-state index in [1.54, 1.807) is 19.1 Å². The number of carboxylic acids is 1. The molecule has 8 heteroatoms. The lowest BCUT2D eigenvalue weighted by Gasteiger charge is -2.41. The number of hydrogen-bond acceptors (Lipinski definition) is 6. The fraction of sp³-hybridized carbons (Fsp3) is 0.619. The van der Waals surface area contributed by atoms with E-state index in [1.165, 1.54) is 39.0 Å². The summed E-state index contributed by atoms with van der Waals surface area (Å²) in [4.78, 5) is 25.0. The van der Waals surface area contributed by atoms with Gasteiger partial charge in [-0.3, -0.25) is 10.1 Å². The summed E-state index contributed by atoms with van der Waals surface area (Å²) in [6.45, 7) is 11.6. The lowest BCUT2D eigenvalue weighted by atomic mass is 9.82. The first-order valence-electron chi connectivity index (χ1n) is 9.53. The monoisotopic (exact) mass is 427 g/mol. The molecule has 0 aromatic carbocycles. The largest absolute Gasteiger partial charge is 0.480 e. The van der Waals surface area contributed by atoms with Crippen LogP contribution in [-0.4, -0.2) is 46.5 Å². The van der Waals surface area contributed by atoms with Gasteiger partial charge in [-0.2, -0.15) is 0 Å². The van der Waals surface area contributed by atoms with E-state index in [1.807, 2.05) is 20.8 Å². The van der Waals surface area contributed by atoms with Crippen LogP contribution >= 0.6 is 0 Å². The van der Waals surface area contributed by atoms with Crippen molar-refractivity contribution in [3.63, 3.8) is 0 Å². The number of ether oxygens (including phenoxy) is 1. The van der Waals surface area contributed by atoms with Crippen molar-refractivity contribution in [1.82, 2.24) is 5.32 Å². The first-order valence-corrected chi connectivity index (χ1v) is 11.0. The zero-order valence-electron chi connectivity index (χ0n) is 18.2. The van der Waals surface area contributed by atoms with Crippen molar-refractivity contribution in [1.29, 1.82) is 0 Å². The fourth-order valence-electron chi connectivity index (χ4n) is 3.26. The average Bonchev–Trinajstić information content (AvgIpc) is 2.57. The molecule has 0 heterocycles. The van der Waals surface area contributed by atoms with E-state index >= 15 is 0 Å². The van der Waals surface area contributed by atoms with Crippen molar-refractivity contribution < 1.29 is 27.9 Å². The Morgan fingerprint density at radius 3 is 2.24 bits per heavy atom. The van der Waals surface area contributed by atoms with E-state index in [9.17, 15) is 23.1 Å². The minimum Gasteiger partial charge on any atom is -0.480 e. The van der Waals surface area contributed by atoms with Crippen LogP contribution in [0, 0.1) is 5.92 Å². The topological polar surface area (TPSA) is 110 Å². The molecule has 29 heavy (non-hydrogen) atoms. The molecule has 2 unspecified atom stereocenters. The van der Waals surface area contributed by atoms with Gasteiger partial charge in [0.25, 0.3) is 0 Å². The van der Waals surface area contributed by atoms with E-state index in [0.717, 1.165) is 6.26 Å². The minimum absolute atomic E-state index is 0.103. The van der Waals surface area contributed by atoms with E-state index in [-0.39, 0.29) is 6.42 Å². The summed E-state index contributed by atoms with van der Waals surface area (Å²) in [7, 11) is -4.12. The molecule has 1 aliphatic rings. The highest BCUT2D eigenvalue weighted by molar-refractivity contribution is 7.95. The smallest absolute Gasteiger partial charge is 0.336 e. The Morgan fingerprint density at radius 1 is 1.21 bits per heavy atom. The van der Waals surface area contributed by atoms with Crippen LogP contribution in [0.1, 0.15) is 54.9 Å². The van der Waals surface area contributed by atoms with Crippen LogP contribution < -0.4 is 5.32 Å². The summed E-state index contributed by atoms with van der Waals surface area (Å²) in [6, 6.07) is -1.06. The Bertz CT molecular complexity index is 811. The zero-order valence-corrected chi connectivity index (χ0v) is 19.0. The Balaban J connectivity index is 3.59. The van der Waals surface area contributed by atoms with Gasteiger partial charge in [-0.15, -0.1) is 0 Å². The van der Waals surface area contributed by atoms with E-state index < -0.39 is 48.8 Å². The van der Waals surface area contributed by atoms with Crippen LogP contribution in [0.3, 0.4) is 0 Å². The third-order valence-corrected chi connectivity index (χ3v) is 7.73. The van der Waals surface area contributed by atoms with Gasteiger partial charge in [-0.1, -0.05) is 30.4 Å². The number of rotatable bonds is 7. The van der Waals surface area contributed by atoms with Gasteiger partial charge in [0.1, 0.15) is 6.04 Å². The Labute approximate surface area is 173 Å².